The summed E-state index contributed by atoms with van der Waals surface area (Å²) in [5, 5.41) is 23.1. The fourth-order valence-electron chi connectivity index (χ4n) is 2.19. The lowest BCUT2D eigenvalue weighted by molar-refractivity contribution is 0.0696. The van der Waals surface area contributed by atoms with E-state index in [9.17, 15) is 9.90 Å². The van der Waals surface area contributed by atoms with Crippen molar-refractivity contribution < 1.29 is 15.0 Å². The number of aromatic nitrogens is 3. The second-order valence-corrected chi connectivity index (χ2v) is 4.91. The van der Waals surface area contributed by atoms with E-state index in [-0.39, 0.29) is 11.3 Å². The molecule has 6 heteroatoms. The van der Waals surface area contributed by atoms with Gasteiger partial charge in [-0.2, -0.15) is 5.10 Å². The first-order chi connectivity index (χ1) is 10.5. The summed E-state index contributed by atoms with van der Waals surface area (Å²) < 4.78 is 1.50. The Morgan fingerprint density at radius 2 is 2.00 bits per heavy atom. The first-order valence-corrected chi connectivity index (χ1v) is 6.59. The Morgan fingerprint density at radius 1 is 1.18 bits per heavy atom. The van der Waals surface area contributed by atoms with Crippen molar-refractivity contribution in [2.75, 3.05) is 0 Å². The number of benzene rings is 1. The molecule has 1 aromatic carbocycles. The summed E-state index contributed by atoms with van der Waals surface area (Å²) in [5.41, 5.74) is 2.53. The fourth-order valence-corrected chi connectivity index (χ4v) is 2.19. The number of carbonyl (C=O) groups is 1. The van der Waals surface area contributed by atoms with E-state index in [0.29, 0.717) is 11.5 Å². The van der Waals surface area contributed by atoms with E-state index < -0.39 is 5.97 Å². The number of carboxylic acid groups (broad SMARTS) is 1. The van der Waals surface area contributed by atoms with Gasteiger partial charge in [-0.1, -0.05) is 0 Å². The summed E-state index contributed by atoms with van der Waals surface area (Å²) >= 11 is 0. The minimum absolute atomic E-state index is 0.148. The number of aryl methyl sites for hydroxylation is 1. The van der Waals surface area contributed by atoms with Crippen LogP contribution in [0.1, 0.15) is 15.9 Å². The first kappa shape index (κ1) is 13.8. The molecule has 0 fully saturated rings. The van der Waals surface area contributed by atoms with Gasteiger partial charge in [0, 0.05) is 18.0 Å². The lowest BCUT2D eigenvalue weighted by Gasteiger charge is -2.03. The maximum absolute atomic E-state index is 11.0. The molecule has 0 saturated heterocycles. The van der Waals surface area contributed by atoms with Crippen molar-refractivity contribution in [3.63, 3.8) is 0 Å². The molecule has 0 aliphatic carbocycles. The predicted octanol–water partition coefficient (Wildman–Crippen LogP) is 2.65. The Hall–Kier alpha value is -3.15. The molecule has 0 radical (unpaired) electrons. The topological polar surface area (TPSA) is 88.2 Å². The molecular formula is C16H13N3O3. The van der Waals surface area contributed by atoms with Crippen LogP contribution < -0.4 is 0 Å². The Kier molecular flexibility index (Phi) is 3.34. The number of nitrogens with zero attached hydrogens (tertiary/aromatic N) is 3. The molecule has 2 N–H and O–H groups in total. The summed E-state index contributed by atoms with van der Waals surface area (Å²) in [6, 6.07) is 9.86. The van der Waals surface area contributed by atoms with E-state index in [0.717, 1.165) is 11.1 Å². The molecule has 0 spiro atoms. The normalized spacial score (nSPS) is 10.6. The molecule has 0 aliphatic heterocycles. The number of carboxylic acids is 1. The number of rotatable bonds is 3. The number of aromatic hydroxyl groups is 1. The Balaban J connectivity index is 2.00. The highest BCUT2D eigenvalue weighted by molar-refractivity contribution is 5.87. The zero-order valence-corrected chi connectivity index (χ0v) is 11.8. The van der Waals surface area contributed by atoms with Crippen LogP contribution in [0.3, 0.4) is 0 Å². The van der Waals surface area contributed by atoms with Crippen LogP contribution in [-0.2, 0) is 0 Å². The maximum atomic E-state index is 11.0. The molecular weight excluding hydrogens is 282 g/mol. The number of hydrogen-bond acceptors (Lipinski definition) is 4. The first-order valence-electron chi connectivity index (χ1n) is 6.59. The smallest absolute Gasteiger partial charge is 0.335 e. The summed E-state index contributed by atoms with van der Waals surface area (Å²) in [6.07, 6.45) is 3.13. The third-order valence-electron chi connectivity index (χ3n) is 3.17. The molecule has 2 heterocycles. The second-order valence-electron chi connectivity index (χ2n) is 4.91. The molecule has 22 heavy (non-hydrogen) atoms. The third kappa shape index (κ3) is 2.67. The van der Waals surface area contributed by atoms with Crippen LogP contribution >= 0.6 is 0 Å². The standard InChI is InChI=1S/C16H13N3O3/c1-10-6-12(8-13(20)7-10)14-3-5-19(18-14)15-9-11(16(21)22)2-4-17-15/h2-9,20H,1H3,(H,21,22). The van der Waals surface area contributed by atoms with Crippen LogP contribution in [0.15, 0.2) is 48.8 Å². The van der Waals surface area contributed by atoms with Gasteiger partial charge in [-0.15, -0.1) is 0 Å². The molecule has 6 nitrogen and oxygen atoms in total. The molecule has 3 rings (SSSR count). The summed E-state index contributed by atoms with van der Waals surface area (Å²) in [7, 11) is 0. The van der Waals surface area contributed by atoms with Crippen LogP contribution in [0.4, 0.5) is 0 Å². The van der Waals surface area contributed by atoms with E-state index >= 15 is 0 Å². The van der Waals surface area contributed by atoms with E-state index in [1.807, 2.05) is 13.0 Å². The van der Waals surface area contributed by atoms with Crippen molar-refractivity contribution in [2.24, 2.45) is 0 Å². The minimum atomic E-state index is -1.01. The quantitative estimate of drug-likeness (QED) is 0.775. The van der Waals surface area contributed by atoms with E-state index in [2.05, 4.69) is 10.1 Å². The van der Waals surface area contributed by atoms with Crippen LogP contribution in [0, 0.1) is 6.92 Å². The van der Waals surface area contributed by atoms with Gasteiger partial charge in [0.1, 0.15) is 5.75 Å². The number of hydrogen-bond donors (Lipinski definition) is 2. The van der Waals surface area contributed by atoms with E-state index in [4.69, 9.17) is 5.11 Å². The molecule has 110 valence electrons. The van der Waals surface area contributed by atoms with Crippen molar-refractivity contribution >= 4 is 5.97 Å². The lowest BCUT2D eigenvalue weighted by atomic mass is 10.1. The summed E-state index contributed by atoms with van der Waals surface area (Å²) in [6.45, 7) is 1.89. The van der Waals surface area contributed by atoms with Gasteiger partial charge in [0.05, 0.1) is 11.3 Å². The SMILES string of the molecule is Cc1cc(O)cc(-c2ccn(-c3cc(C(=O)O)ccn3)n2)c1. The van der Waals surface area contributed by atoms with Gasteiger partial charge in [0.2, 0.25) is 0 Å². The Morgan fingerprint density at radius 3 is 2.73 bits per heavy atom. The average molecular weight is 295 g/mol. The second kappa shape index (κ2) is 5.33. The number of phenols is 1. The molecule has 0 unspecified atom stereocenters. The molecule has 0 amide bonds. The van der Waals surface area contributed by atoms with E-state index in [1.165, 1.54) is 23.0 Å². The van der Waals surface area contributed by atoms with Crippen LogP contribution in [0.25, 0.3) is 17.1 Å². The van der Waals surface area contributed by atoms with Crippen molar-refractivity contribution in [1.29, 1.82) is 0 Å². The predicted molar refractivity (Wildman–Crippen MR) is 80.2 cm³/mol. The zero-order valence-electron chi connectivity index (χ0n) is 11.8. The molecule has 0 atom stereocenters. The van der Waals surface area contributed by atoms with E-state index in [1.54, 1.807) is 24.4 Å². The van der Waals surface area contributed by atoms with Crippen molar-refractivity contribution in [1.82, 2.24) is 14.8 Å². The lowest BCUT2D eigenvalue weighted by Crippen LogP contribution is -2.02. The van der Waals surface area contributed by atoms with Gasteiger partial charge in [-0.3, -0.25) is 0 Å². The maximum Gasteiger partial charge on any atom is 0.335 e. The third-order valence-corrected chi connectivity index (χ3v) is 3.17. The van der Waals surface area contributed by atoms with Gasteiger partial charge < -0.3 is 10.2 Å². The Bertz CT molecular complexity index is 835. The van der Waals surface area contributed by atoms with Gasteiger partial charge >= 0.3 is 5.97 Å². The summed E-state index contributed by atoms with van der Waals surface area (Å²) in [4.78, 5) is 15.1. The van der Waals surface area contributed by atoms with Crippen LogP contribution in [0.2, 0.25) is 0 Å². The zero-order chi connectivity index (χ0) is 15.7. The average Bonchev–Trinajstić information content (AvgIpc) is 2.96. The van der Waals surface area contributed by atoms with Gasteiger partial charge in [0.15, 0.2) is 5.82 Å². The van der Waals surface area contributed by atoms with Gasteiger partial charge in [0.25, 0.3) is 0 Å². The monoisotopic (exact) mass is 295 g/mol. The van der Waals surface area contributed by atoms with Gasteiger partial charge in [-0.05, 0) is 48.9 Å². The highest BCUT2D eigenvalue weighted by atomic mass is 16.4. The highest BCUT2D eigenvalue weighted by Gasteiger charge is 2.09. The molecule has 2 aromatic heterocycles. The molecule has 0 aliphatic rings. The summed E-state index contributed by atoms with van der Waals surface area (Å²) in [5.74, 6) is -0.418. The Labute approximate surface area is 126 Å². The largest absolute Gasteiger partial charge is 0.508 e. The fraction of sp³-hybridized carbons (Fsp3) is 0.0625. The number of pyridine rings is 1. The van der Waals surface area contributed by atoms with Crippen LogP contribution in [-0.4, -0.2) is 30.9 Å². The highest BCUT2D eigenvalue weighted by Crippen LogP contribution is 2.24. The van der Waals surface area contributed by atoms with Crippen LogP contribution in [0.5, 0.6) is 5.75 Å². The minimum Gasteiger partial charge on any atom is -0.508 e. The van der Waals surface area contributed by atoms with Gasteiger partial charge in [-0.25, -0.2) is 14.5 Å². The number of aromatic carboxylic acids is 1. The molecule has 0 bridgehead atoms. The number of phenolic OH excluding ortho intramolecular Hbond substituents is 1. The van der Waals surface area contributed by atoms with Crippen molar-refractivity contribution in [3.05, 3.63) is 59.9 Å². The van der Waals surface area contributed by atoms with Crippen molar-refractivity contribution in [3.8, 4) is 22.8 Å². The van der Waals surface area contributed by atoms with Crippen molar-refractivity contribution in [2.45, 2.75) is 6.92 Å². The molecule has 3 aromatic rings. The molecule has 0 saturated carbocycles.